The van der Waals surface area contributed by atoms with Crippen molar-refractivity contribution in [3.05, 3.63) is 46.5 Å². The molecule has 0 fully saturated rings. The highest BCUT2D eigenvalue weighted by molar-refractivity contribution is 6.29. The van der Waals surface area contributed by atoms with Crippen molar-refractivity contribution in [2.75, 3.05) is 6.54 Å². The molecule has 14 heavy (non-hydrogen) atoms. The monoisotopic (exact) mass is 209 g/mol. The van der Waals surface area contributed by atoms with E-state index in [-0.39, 0.29) is 0 Å². The Bertz CT molecular complexity index is 331. The molecule has 0 heterocycles. The molecular weight excluding hydrogens is 194 g/mol. The van der Waals surface area contributed by atoms with E-state index in [4.69, 9.17) is 11.6 Å². The highest BCUT2D eigenvalue weighted by Crippen LogP contribution is 2.10. The molecular formula is C12H16ClN. The van der Waals surface area contributed by atoms with Crippen LogP contribution in [0.15, 0.2) is 29.8 Å². The van der Waals surface area contributed by atoms with Crippen molar-refractivity contribution in [3.63, 3.8) is 0 Å². The summed E-state index contributed by atoms with van der Waals surface area (Å²) in [5.41, 5.74) is 3.92. The zero-order valence-electron chi connectivity index (χ0n) is 8.73. The number of halogens is 1. The van der Waals surface area contributed by atoms with Crippen LogP contribution in [-0.4, -0.2) is 6.54 Å². The number of nitrogens with one attached hydrogen (secondary N) is 1. The summed E-state index contributed by atoms with van der Waals surface area (Å²) in [6.07, 6.45) is 0. The molecule has 0 radical (unpaired) electrons. The van der Waals surface area contributed by atoms with E-state index in [0.717, 1.165) is 6.54 Å². The van der Waals surface area contributed by atoms with Crippen molar-refractivity contribution in [2.45, 2.75) is 20.4 Å². The van der Waals surface area contributed by atoms with Crippen molar-refractivity contribution in [1.29, 1.82) is 0 Å². The van der Waals surface area contributed by atoms with Gasteiger partial charge in [-0.1, -0.05) is 41.9 Å². The summed E-state index contributed by atoms with van der Waals surface area (Å²) in [4.78, 5) is 0. The van der Waals surface area contributed by atoms with Crippen molar-refractivity contribution in [3.8, 4) is 0 Å². The van der Waals surface area contributed by atoms with Crippen LogP contribution in [0.4, 0.5) is 0 Å². The molecule has 0 saturated carbocycles. The van der Waals surface area contributed by atoms with Gasteiger partial charge in [-0.3, -0.25) is 0 Å². The van der Waals surface area contributed by atoms with Crippen molar-refractivity contribution < 1.29 is 0 Å². The van der Waals surface area contributed by atoms with Gasteiger partial charge in [-0.25, -0.2) is 0 Å². The molecule has 0 spiro atoms. The normalized spacial score (nSPS) is 10.2. The lowest BCUT2D eigenvalue weighted by molar-refractivity contribution is 0.750. The lowest BCUT2D eigenvalue weighted by Gasteiger charge is -2.08. The highest BCUT2D eigenvalue weighted by atomic mass is 35.5. The van der Waals surface area contributed by atoms with Gasteiger partial charge in [-0.15, -0.1) is 0 Å². The maximum Gasteiger partial charge on any atom is 0.0310 e. The van der Waals surface area contributed by atoms with Gasteiger partial charge in [0.1, 0.15) is 0 Å². The Kier molecular flexibility index (Phi) is 4.18. The Morgan fingerprint density at radius 3 is 2.79 bits per heavy atom. The van der Waals surface area contributed by atoms with Crippen LogP contribution in [-0.2, 0) is 6.54 Å². The molecule has 76 valence electrons. The summed E-state index contributed by atoms with van der Waals surface area (Å²) < 4.78 is 0. The number of hydrogen-bond donors (Lipinski definition) is 1. The summed E-state index contributed by atoms with van der Waals surface area (Å²) in [7, 11) is 0. The van der Waals surface area contributed by atoms with Crippen LogP contribution < -0.4 is 5.32 Å². The third kappa shape index (κ3) is 3.52. The van der Waals surface area contributed by atoms with E-state index in [2.05, 4.69) is 43.9 Å². The average molecular weight is 210 g/mol. The van der Waals surface area contributed by atoms with Crippen LogP contribution in [0.3, 0.4) is 0 Å². The van der Waals surface area contributed by atoms with E-state index in [9.17, 15) is 0 Å². The summed E-state index contributed by atoms with van der Waals surface area (Å²) in [6, 6.07) is 6.46. The molecule has 2 heteroatoms. The van der Waals surface area contributed by atoms with E-state index < -0.39 is 0 Å². The van der Waals surface area contributed by atoms with Gasteiger partial charge in [0.2, 0.25) is 0 Å². The second-order valence-electron chi connectivity index (χ2n) is 3.55. The predicted molar refractivity (Wildman–Crippen MR) is 62.6 cm³/mol. The Balaban J connectivity index is 2.57. The average Bonchev–Trinajstić information content (AvgIpc) is 2.10. The minimum absolute atomic E-state index is 0.648. The van der Waals surface area contributed by atoms with Gasteiger partial charge < -0.3 is 5.32 Å². The first kappa shape index (κ1) is 11.3. The Morgan fingerprint density at radius 2 is 2.14 bits per heavy atom. The van der Waals surface area contributed by atoms with Gasteiger partial charge >= 0.3 is 0 Å². The van der Waals surface area contributed by atoms with Crippen molar-refractivity contribution in [1.82, 2.24) is 5.32 Å². The molecule has 0 unspecified atom stereocenters. The SMILES string of the molecule is C=C(Cl)CNCc1cc(C)ccc1C. The maximum atomic E-state index is 5.66. The molecule has 0 aliphatic heterocycles. The maximum absolute atomic E-state index is 5.66. The number of benzene rings is 1. The van der Waals surface area contributed by atoms with Crippen LogP contribution in [0.25, 0.3) is 0 Å². The smallest absolute Gasteiger partial charge is 0.0310 e. The molecule has 0 aromatic heterocycles. The van der Waals surface area contributed by atoms with Crippen LogP contribution in [0.5, 0.6) is 0 Å². The molecule has 1 N–H and O–H groups in total. The first-order valence-electron chi connectivity index (χ1n) is 4.69. The van der Waals surface area contributed by atoms with Gasteiger partial charge in [0.15, 0.2) is 0 Å². The minimum Gasteiger partial charge on any atom is -0.308 e. The predicted octanol–water partition coefficient (Wildman–Crippen LogP) is 3.15. The fourth-order valence-electron chi connectivity index (χ4n) is 1.32. The largest absolute Gasteiger partial charge is 0.308 e. The fraction of sp³-hybridized carbons (Fsp3) is 0.333. The standard InChI is InChI=1S/C12H16ClN/c1-9-4-5-10(2)12(6-9)8-14-7-11(3)13/h4-6,14H,3,7-8H2,1-2H3. The third-order valence-electron chi connectivity index (χ3n) is 2.14. The van der Waals surface area contributed by atoms with Gasteiger partial charge in [-0.2, -0.15) is 0 Å². The van der Waals surface area contributed by atoms with Crippen molar-refractivity contribution in [2.24, 2.45) is 0 Å². The summed E-state index contributed by atoms with van der Waals surface area (Å²) in [5, 5.41) is 3.89. The van der Waals surface area contributed by atoms with Gasteiger partial charge in [0.25, 0.3) is 0 Å². The van der Waals surface area contributed by atoms with E-state index in [0.29, 0.717) is 11.6 Å². The van der Waals surface area contributed by atoms with Crippen molar-refractivity contribution >= 4 is 11.6 Å². The zero-order valence-corrected chi connectivity index (χ0v) is 9.49. The van der Waals surface area contributed by atoms with Crippen LogP contribution in [0.1, 0.15) is 16.7 Å². The topological polar surface area (TPSA) is 12.0 Å². The molecule has 0 saturated heterocycles. The first-order chi connectivity index (χ1) is 6.59. The van der Waals surface area contributed by atoms with Crippen LogP contribution >= 0.6 is 11.6 Å². The van der Waals surface area contributed by atoms with Crippen LogP contribution in [0.2, 0.25) is 0 Å². The van der Waals surface area contributed by atoms with Gasteiger partial charge in [0, 0.05) is 18.1 Å². The molecule has 0 aliphatic carbocycles. The van der Waals surface area contributed by atoms with E-state index in [1.165, 1.54) is 16.7 Å². The first-order valence-corrected chi connectivity index (χ1v) is 5.07. The molecule has 1 aromatic rings. The number of rotatable bonds is 4. The Morgan fingerprint density at radius 1 is 1.43 bits per heavy atom. The number of hydrogen-bond acceptors (Lipinski definition) is 1. The molecule has 1 rings (SSSR count). The second-order valence-corrected chi connectivity index (χ2v) is 4.09. The van der Waals surface area contributed by atoms with E-state index in [1.54, 1.807) is 0 Å². The minimum atomic E-state index is 0.648. The van der Waals surface area contributed by atoms with Gasteiger partial charge in [-0.05, 0) is 25.0 Å². The third-order valence-corrected chi connectivity index (χ3v) is 2.27. The van der Waals surface area contributed by atoms with Gasteiger partial charge in [0.05, 0.1) is 0 Å². The molecule has 0 atom stereocenters. The number of aryl methyl sites for hydroxylation is 2. The molecule has 0 amide bonds. The summed E-state index contributed by atoms with van der Waals surface area (Å²) in [6.45, 7) is 9.35. The second kappa shape index (κ2) is 5.18. The molecule has 1 nitrogen and oxygen atoms in total. The highest BCUT2D eigenvalue weighted by Gasteiger charge is 1.98. The van der Waals surface area contributed by atoms with E-state index in [1.807, 2.05) is 0 Å². The quantitative estimate of drug-likeness (QED) is 0.804. The Hall–Kier alpha value is -0.790. The zero-order chi connectivity index (χ0) is 10.6. The lowest BCUT2D eigenvalue weighted by Crippen LogP contribution is -2.15. The lowest BCUT2D eigenvalue weighted by atomic mass is 10.1. The van der Waals surface area contributed by atoms with E-state index >= 15 is 0 Å². The fourth-order valence-corrected chi connectivity index (χ4v) is 1.42. The summed E-state index contributed by atoms with van der Waals surface area (Å²) >= 11 is 5.66. The Labute approximate surface area is 90.8 Å². The molecule has 0 aliphatic rings. The summed E-state index contributed by atoms with van der Waals surface area (Å²) in [5.74, 6) is 0. The molecule has 0 bridgehead atoms. The molecule has 1 aromatic carbocycles. The van der Waals surface area contributed by atoms with Crippen LogP contribution in [0, 0.1) is 13.8 Å².